The van der Waals surface area contributed by atoms with Crippen molar-refractivity contribution in [3.8, 4) is 17.4 Å². The second-order valence-electron chi connectivity index (χ2n) is 4.41. The van der Waals surface area contributed by atoms with E-state index >= 15 is 0 Å². The van der Waals surface area contributed by atoms with Gasteiger partial charge in [0.15, 0.2) is 0 Å². The van der Waals surface area contributed by atoms with Gasteiger partial charge < -0.3 is 9.47 Å². The summed E-state index contributed by atoms with van der Waals surface area (Å²) in [5.41, 5.74) is 1.11. The lowest BCUT2D eigenvalue weighted by Crippen LogP contribution is -2.05. The van der Waals surface area contributed by atoms with Gasteiger partial charge in [0.25, 0.3) is 0 Å². The average molecular weight is 243 g/mol. The zero-order chi connectivity index (χ0) is 13.0. The fourth-order valence-corrected chi connectivity index (χ4v) is 1.49. The monoisotopic (exact) mass is 243 g/mol. The van der Waals surface area contributed by atoms with E-state index in [1.165, 1.54) is 0 Å². The van der Waals surface area contributed by atoms with Crippen molar-refractivity contribution in [2.45, 2.75) is 26.9 Å². The number of ether oxygens (including phenoxy) is 2. The summed E-state index contributed by atoms with van der Waals surface area (Å²) in [4.78, 5) is 4.19. The third kappa shape index (κ3) is 3.48. The second-order valence-corrected chi connectivity index (χ2v) is 4.41. The van der Waals surface area contributed by atoms with Crippen LogP contribution in [-0.4, -0.2) is 11.1 Å². The fourth-order valence-electron chi connectivity index (χ4n) is 1.49. The molecule has 1 aromatic carbocycles. The van der Waals surface area contributed by atoms with Crippen molar-refractivity contribution in [3.05, 3.63) is 48.2 Å². The number of aromatic nitrogens is 1. The molecule has 0 bridgehead atoms. The Kier molecular flexibility index (Phi) is 3.82. The molecule has 3 nitrogen and oxygen atoms in total. The summed E-state index contributed by atoms with van der Waals surface area (Å²) in [6, 6.07) is 11.4. The van der Waals surface area contributed by atoms with Crippen LogP contribution in [0.2, 0.25) is 0 Å². The standard InChI is InChI=1S/C15H17NO2/c1-11(2)17-13-5-7-14(8-6-13)18-15-9-4-12(3)10-16-15/h4-11H,1-3H3. The predicted molar refractivity (Wildman–Crippen MR) is 71.3 cm³/mol. The van der Waals surface area contributed by atoms with Crippen molar-refractivity contribution < 1.29 is 9.47 Å². The summed E-state index contributed by atoms with van der Waals surface area (Å²) in [7, 11) is 0. The zero-order valence-electron chi connectivity index (χ0n) is 10.9. The minimum absolute atomic E-state index is 0.176. The van der Waals surface area contributed by atoms with Crippen molar-refractivity contribution >= 4 is 0 Å². The van der Waals surface area contributed by atoms with Gasteiger partial charge in [-0.2, -0.15) is 0 Å². The van der Waals surface area contributed by atoms with Crippen LogP contribution in [0.4, 0.5) is 0 Å². The van der Waals surface area contributed by atoms with Crippen molar-refractivity contribution in [1.29, 1.82) is 0 Å². The molecule has 1 heterocycles. The van der Waals surface area contributed by atoms with Crippen LogP contribution in [0.3, 0.4) is 0 Å². The van der Waals surface area contributed by atoms with Gasteiger partial charge in [-0.15, -0.1) is 0 Å². The van der Waals surface area contributed by atoms with Gasteiger partial charge in [-0.3, -0.25) is 0 Å². The molecule has 3 heteroatoms. The second kappa shape index (κ2) is 5.54. The molecule has 2 rings (SSSR count). The number of rotatable bonds is 4. The van der Waals surface area contributed by atoms with E-state index in [1.807, 2.05) is 57.2 Å². The van der Waals surface area contributed by atoms with Crippen LogP contribution in [0.1, 0.15) is 19.4 Å². The molecule has 2 aromatic rings. The molecule has 0 spiro atoms. The minimum Gasteiger partial charge on any atom is -0.491 e. The molecule has 1 aromatic heterocycles. The molecule has 0 amide bonds. The quantitative estimate of drug-likeness (QED) is 0.814. The third-order valence-corrected chi connectivity index (χ3v) is 2.30. The molecule has 0 N–H and O–H groups in total. The van der Waals surface area contributed by atoms with E-state index < -0.39 is 0 Å². The first kappa shape index (κ1) is 12.4. The Labute approximate surface area is 107 Å². The summed E-state index contributed by atoms with van der Waals surface area (Å²) >= 11 is 0. The first-order valence-corrected chi connectivity index (χ1v) is 6.01. The predicted octanol–water partition coefficient (Wildman–Crippen LogP) is 3.97. The molecule has 0 aliphatic carbocycles. The topological polar surface area (TPSA) is 31.4 Å². The smallest absolute Gasteiger partial charge is 0.219 e. The van der Waals surface area contributed by atoms with E-state index in [1.54, 1.807) is 6.20 Å². The lowest BCUT2D eigenvalue weighted by molar-refractivity contribution is 0.242. The van der Waals surface area contributed by atoms with Gasteiger partial charge in [0.1, 0.15) is 11.5 Å². The molecule has 0 saturated heterocycles. The third-order valence-electron chi connectivity index (χ3n) is 2.30. The van der Waals surface area contributed by atoms with Gasteiger partial charge in [0.05, 0.1) is 6.10 Å². The van der Waals surface area contributed by atoms with E-state index in [0.717, 1.165) is 17.1 Å². The molecule has 0 aliphatic heterocycles. The molecule has 18 heavy (non-hydrogen) atoms. The first-order valence-electron chi connectivity index (χ1n) is 6.01. The lowest BCUT2D eigenvalue weighted by atomic mass is 10.3. The number of benzene rings is 1. The van der Waals surface area contributed by atoms with Gasteiger partial charge in [-0.25, -0.2) is 4.98 Å². The van der Waals surface area contributed by atoms with Crippen LogP contribution in [-0.2, 0) is 0 Å². The normalized spacial score (nSPS) is 10.4. The van der Waals surface area contributed by atoms with Gasteiger partial charge in [-0.05, 0) is 50.6 Å². The largest absolute Gasteiger partial charge is 0.491 e. The van der Waals surface area contributed by atoms with Crippen molar-refractivity contribution in [1.82, 2.24) is 4.98 Å². The van der Waals surface area contributed by atoms with Crippen LogP contribution in [0, 0.1) is 6.92 Å². The first-order chi connectivity index (χ1) is 8.63. The van der Waals surface area contributed by atoms with Crippen LogP contribution in [0.25, 0.3) is 0 Å². The molecule has 0 saturated carbocycles. The molecular weight excluding hydrogens is 226 g/mol. The number of hydrogen-bond acceptors (Lipinski definition) is 3. The molecule has 0 radical (unpaired) electrons. The Balaban J connectivity index is 2.04. The molecular formula is C15H17NO2. The number of nitrogens with zero attached hydrogens (tertiary/aromatic N) is 1. The Hall–Kier alpha value is -2.03. The molecule has 0 unspecified atom stereocenters. The van der Waals surface area contributed by atoms with Crippen molar-refractivity contribution in [2.75, 3.05) is 0 Å². The zero-order valence-corrected chi connectivity index (χ0v) is 10.9. The molecule has 0 atom stereocenters. The highest BCUT2D eigenvalue weighted by molar-refractivity contribution is 5.33. The highest BCUT2D eigenvalue weighted by Gasteiger charge is 2.00. The SMILES string of the molecule is Cc1ccc(Oc2ccc(OC(C)C)cc2)nc1. The summed E-state index contributed by atoms with van der Waals surface area (Å²) < 4.78 is 11.2. The number of pyridine rings is 1. The van der Waals surface area contributed by atoms with Gasteiger partial charge in [0.2, 0.25) is 5.88 Å². The van der Waals surface area contributed by atoms with Crippen LogP contribution >= 0.6 is 0 Å². The fraction of sp³-hybridized carbons (Fsp3) is 0.267. The lowest BCUT2D eigenvalue weighted by Gasteiger charge is -2.10. The Morgan fingerprint density at radius 2 is 1.61 bits per heavy atom. The molecule has 0 aliphatic rings. The van der Waals surface area contributed by atoms with E-state index in [9.17, 15) is 0 Å². The Morgan fingerprint density at radius 3 is 2.17 bits per heavy atom. The average Bonchev–Trinajstić information content (AvgIpc) is 2.34. The molecule has 94 valence electrons. The maximum atomic E-state index is 5.63. The Bertz CT molecular complexity index is 489. The highest BCUT2D eigenvalue weighted by Crippen LogP contribution is 2.22. The van der Waals surface area contributed by atoms with Crippen LogP contribution in [0.15, 0.2) is 42.6 Å². The summed E-state index contributed by atoms with van der Waals surface area (Å²) in [6.07, 6.45) is 1.96. The maximum absolute atomic E-state index is 5.63. The Morgan fingerprint density at radius 1 is 0.944 bits per heavy atom. The minimum atomic E-state index is 0.176. The van der Waals surface area contributed by atoms with E-state index in [0.29, 0.717) is 5.88 Å². The van der Waals surface area contributed by atoms with Gasteiger partial charge in [0, 0.05) is 12.3 Å². The van der Waals surface area contributed by atoms with Gasteiger partial charge in [-0.1, -0.05) is 6.07 Å². The summed E-state index contributed by atoms with van der Waals surface area (Å²) in [6.45, 7) is 6.00. The van der Waals surface area contributed by atoms with Crippen molar-refractivity contribution in [3.63, 3.8) is 0 Å². The maximum Gasteiger partial charge on any atom is 0.219 e. The summed E-state index contributed by atoms with van der Waals surface area (Å²) in [5, 5.41) is 0. The number of hydrogen-bond donors (Lipinski definition) is 0. The van der Waals surface area contributed by atoms with E-state index in [2.05, 4.69) is 4.98 Å². The van der Waals surface area contributed by atoms with Crippen molar-refractivity contribution in [2.24, 2.45) is 0 Å². The van der Waals surface area contributed by atoms with Gasteiger partial charge >= 0.3 is 0 Å². The number of aryl methyl sites for hydroxylation is 1. The molecule has 0 fully saturated rings. The summed E-state index contributed by atoms with van der Waals surface area (Å²) in [5.74, 6) is 2.19. The van der Waals surface area contributed by atoms with Crippen LogP contribution in [0.5, 0.6) is 17.4 Å². The van der Waals surface area contributed by atoms with Crippen LogP contribution < -0.4 is 9.47 Å². The van der Waals surface area contributed by atoms with E-state index in [4.69, 9.17) is 9.47 Å². The highest BCUT2D eigenvalue weighted by atomic mass is 16.5. The van der Waals surface area contributed by atoms with E-state index in [-0.39, 0.29) is 6.10 Å².